The molecule has 0 atom stereocenters. The summed E-state index contributed by atoms with van der Waals surface area (Å²) in [6, 6.07) is 19.4. The number of carbonyl (C=O) groups excluding carboxylic acids is 1. The molecule has 0 radical (unpaired) electrons. The van der Waals surface area contributed by atoms with Gasteiger partial charge in [-0.3, -0.25) is 9.59 Å². The summed E-state index contributed by atoms with van der Waals surface area (Å²) in [4.78, 5) is 31.6. The Kier molecular flexibility index (Phi) is 11.4. The number of aromatic nitrogens is 1. The van der Waals surface area contributed by atoms with Crippen LogP contribution in [-0.4, -0.2) is 46.5 Å². The molecule has 12 heteroatoms. The molecular weight excluding hydrogens is 666 g/mol. The van der Waals surface area contributed by atoms with E-state index < -0.39 is 23.4 Å². The molecule has 0 aliphatic heterocycles. The van der Waals surface area contributed by atoms with E-state index in [2.05, 4.69) is 18.7 Å². The number of amides is 1. The summed E-state index contributed by atoms with van der Waals surface area (Å²) in [5.74, 6) is -2.03. The lowest BCUT2D eigenvalue weighted by atomic mass is 10.0. The van der Waals surface area contributed by atoms with Crippen molar-refractivity contribution >= 4 is 39.2 Å². The van der Waals surface area contributed by atoms with E-state index in [1.165, 1.54) is 41.7 Å². The number of hydrogen-bond donors (Lipinski definition) is 0. The summed E-state index contributed by atoms with van der Waals surface area (Å²) >= 11 is 2.49. The van der Waals surface area contributed by atoms with Crippen molar-refractivity contribution in [2.75, 3.05) is 26.2 Å². The van der Waals surface area contributed by atoms with Crippen LogP contribution in [-0.2, 0) is 29.8 Å². The van der Waals surface area contributed by atoms with E-state index >= 15 is 0 Å². The Morgan fingerprint density at radius 3 is 2.21 bits per heavy atom. The first-order valence-electron chi connectivity index (χ1n) is 15.4. The van der Waals surface area contributed by atoms with Crippen LogP contribution >= 0.6 is 23.1 Å². The highest BCUT2D eigenvalue weighted by atomic mass is 32.2. The van der Waals surface area contributed by atoms with Gasteiger partial charge in [-0.25, -0.2) is 8.78 Å². The van der Waals surface area contributed by atoms with Crippen LogP contribution < -0.4 is 5.43 Å². The fraction of sp³-hybridized carbons (Fsp3) is 0.278. The van der Waals surface area contributed by atoms with Gasteiger partial charge in [0.15, 0.2) is 17.1 Å². The summed E-state index contributed by atoms with van der Waals surface area (Å²) in [7, 11) is 0. The van der Waals surface area contributed by atoms with Crippen LogP contribution in [0.15, 0.2) is 94.1 Å². The minimum absolute atomic E-state index is 0.0606. The molecule has 5 aromatic rings. The highest BCUT2D eigenvalue weighted by Gasteiger charge is 2.30. The molecule has 0 spiro atoms. The predicted octanol–water partition coefficient (Wildman–Crippen LogP) is 8.69. The molecule has 48 heavy (non-hydrogen) atoms. The van der Waals surface area contributed by atoms with Crippen molar-refractivity contribution in [1.82, 2.24) is 14.4 Å². The minimum Gasteiger partial charge on any atom is -0.336 e. The molecule has 2 heterocycles. The van der Waals surface area contributed by atoms with Gasteiger partial charge in [0, 0.05) is 37.0 Å². The van der Waals surface area contributed by atoms with Gasteiger partial charge in [-0.05, 0) is 59.4 Å². The topological polar surface area (TPSA) is 45.5 Å². The molecule has 0 aliphatic rings. The fourth-order valence-electron chi connectivity index (χ4n) is 5.35. The number of nitrogens with zero attached hydrogens (tertiary/aromatic N) is 3. The van der Waals surface area contributed by atoms with Gasteiger partial charge in [-0.15, -0.1) is 23.1 Å². The van der Waals surface area contributed by atoms with E-state index in [0.717, 1.165) is 54.2 Å². The lowest BCUT2D eigenvalue weighted by Crippen LogP contribution is -2.40. The van der Waals surface area contributed by atoms with Crippen molar-refractivity contribution in [2.45, 2.75) is 43.9 Å². The molecule has 5 rings (SSSR count). The molecule has 5 nitrogen and oxygen atoms in total. The second-order valence-corrected chi connectivity index (χ2v) is 13.1. The van der Waals surface area contributed by atoms with Gasteiger partial charge >= 0.3 is 6.18 Å². The largest absolute Gasteiger partial charge is 0.416 e. The van der Waals surface area contributed by atoms with Crippen LogP contribution in [0, 0.1) is 11.6 Å². The van der Waals surface area contributed by atoms with Crippen molar-refractivity contribution in [3.05, 3.63) is 123 Å². The minimum atomic E-state index is -4.41. The first-order valence-corrected chi connectivity index (χ1v) is 17.3. The average molecular weight is 700 g/mol. The molecular formula is C36H34F5N3O2S2. The molecule has 0 N–H and O–H groups in total. The molecule has 0 bridgehead atoms. The third kappa shape index (κ3) is 8.34. The van der Waals surface area contributed by atoms with E-state index in [1.807, 2.05) is 24.3 Å². The van der Waals surface area contributed by atoms with Crippen LogP contribution in [0.25, 0.3) is 21.3 Å². The predicted molar refractivity (Wildman–Crippen MR) is 182 cm³/mol. The highest BCUT2D eigenvalue weighted by Crippen LogP contribution is 2.32. The first kappa shape index (κ1) is 35.3. The van der Waals surface area contributed by atoms with Gasteiger partial charge in [0.05, 0.1) is 16.0 Å². The number of thiophene rings is 1. The van der Waals surface area contributed by atoms with Gasteiger partial charge in [-0.1, -0.05) is 62.4 Å². The normalized spacial score (nSPS) is 11.8. The molecule has 1 amide bonds. The highest BCUT2D eigenvalue weighted by molar-refractivity contribution is 7.98. The number of alkyl halides is 3. The Hall–Kier alpha value is -4.00. The number of likely N-dealkylation sites (N-methyl/N-ethyl adjacent to an activating group) is 1. The fourth-order valence-corrected chi connectivity index (χ4v) is 7.36. The zero-order valence-corrected chi connectivity index (χ0v) is 28.0. The van der Waals surface area contributed by atoms with Gasteiger partial charge < -0.3 is 14.4 Å². The number of pyridine rings is 1. The Morgan fingerprint density at radius 1 is 0.896 bits per heavy atom. The number of hydrogen-bond acceptors (Lipinski definition) is 5. The second kappa shape index (κ2) is 15.5. The zero-order chi connectivity index (χ0) is 34.4. The number of carbonyl (C=O) groups is 1. The van der Waals surface area contributed by atoms with Gasteiger partial charge in [-0.2, -0.15) is 13.2 Å². The molecule has 0 unspecified atom stereocenters. The van der Waals surface area contributed by atoms with Crippen molar-refractivity contribution in [3.8, 4) is 11.1 Å². The van der Waals surface area contributed by atoms with Crippen LogP contribution in [0.4, 0.5) is 22.0 Å². The maximum atomic E-state index is 14.4. The van der Waals surface area contributed by atoms with Crippen molar-refractivity contribution < 1.29 is 26.7 Å². The summed E-state index contributed by atoms with van der Waals surface area (Å²) in [6.07, 6.45) is -4.41. The summed E-state index contributed by atoms with van der Waals surface area (Å²) < 4.78 is 69.1. The number of halogens is 5. The third-order valence-electron chi connectivity index (χ3n) is 8.18. The number of fused-ring (bicyclic) bond motifs is 1. The number of rotatable bonds is 13. The molecule has 0 fully saturated rings. The van der Waals surface area contributed by atoms with E-state index in [-0.39, 0.29) is 35.7 Å². The van der Waals surface area contributed by atoms with Gasteiger partial charge in [0.2, 0.25) is 5.91 Å². The Morgan fingerprint density at radius 2 is 1.56 bits per heavy atom. The Bertz CT molecular complexity index is 1920. The quantitative estimate of drug-likeness (QED) is 0.0912. The molecule has 252 valence electrons. The first-order chi connectivity index (χ1) is 23.0. The molecule has 2 aromatic heterocycles. The van der Waals surface area contributed by atoms with E-state index in [1.54, 1.807) is 20.9 Å². The summed E-state index contributed by atoms with van der Waals surface area (Å²) in [5.41, 5.74) is 1.45. The second-order valence-electron chi connectivity index (χ2n) is 11.2. The maximum Gasteiger partial charge on any atom is 0.416 e. The van der Waals surface area contributed by atoms with E-state index in [0.29, 0.717) is 33.9 Å². The van der Waals surface area contributed by atoms with E-state index in [9.17, 15) is 31.5 Å². The Balaban J connectivity index is 1.40. The number of benzene rings is 3. The SMILES string of the molecule is CCN(CC)CCN(Cc1ccc(-c2ccc(C(F)(F)F)cc2)cc1)C(=O)Cn1c(SCc2cccc(F)c2F)cc(=O)c2ccsc21. The molecule has 0 saturated heterocycles. The molecule has 3 aromatic carbocycles. The lowest BCUT2D eigenvalue weighted by molar-refractivity contribution is -0.137. The lowest BCUT2D eigenvalue weighted by Gasteiger charge is -2.28. The zero-order valence-electron chi connectivity index (χ0n) is 26.4. The van der Waals surface area contributed by atoms with Crippen LogP contribution in [0.2, 0.25) is 0 Å². The molecule has 0 saturated carbocycles. The number of thioether (sulfide) groups is 1. The van der Waals surface area contributed by atoms with Crippen LogP contribution in [0.1, 0.15) is 30.5 Å². The third-order valence-corrected chi connectivity index (χ3v) is 10.2. The summed E-state index contributed by atoms with van der Waals surface area (Å²) in [5, 5.41) is 2.73. The van der Waals surface area contributed by atoms with Crippen LogP contribution in [0.3, 0.4) is 0 Å². The standard InChI is InChI=1S/C36H34F5N3O2S2/c1-3-42(4-2)17-18-43(21-24-8-10-25(11-9-24)26-12-14-28(15-13-26)36(39,40)41)32(46)22-44-33(20-31(45)29-16-19-47-35(29)44)48-23-27-6-5-7-30(37)34(27)38/h5-16,19-20H,3-4,17-18,21-23H2,1-2H3. The average Bonchev–Trinajstić information content (AvgIpc) is 3.58. The van der Waals surface area contributed by atoms with Gasteiger partial charge in [0.1, 0.15) is 11.4 Å². The van der Waals surface area contributed by atoms with Crippen molar-refractivity contribution in [3.63, 3.8) is 0 Å². The smallest absolute Gasteiger partial charge is 0.336 e. The molecule has 0 aliphatic carbocycles. The van der Waals surface area contributed by atoms with Crippen LogP contribution in [0.5, 0.6) is 0 Å². The summed E-state index contributed by atoms with van der Waals surface area (Å²) in [6.45, 7) is 7.02. The van der Waals surface area contributed by atoms with E-state index in [4.69, 9.17) is 0 Å². The Labute approximate surface area is 283 Å². The van der Waals surface area contributed by atoms with Crippen molar-refractivity contribution in [1.29, 1.82) is 0 Å². The van der Waals surface area contributed by atoms with Crippen molar-refractivity contribution in [2.24, 2.45) is 0 Å². The van der Waals surface area contributed by atoms with Gasteiger partial charge in [0.25, 0.3) is 0 Å². The monoisotopic (exact) mass is 699 g/mol. The maximum absolute atomic E-state index is 14.4.